The van der Waals surface area contributed by atoms with Gasteiger partial charge in [0.25, 0.3) is 0 Å². The van der Waals surface area contributed by atoms with Crippen molar-refractivity contribution in [2.45, 2.75) is 10.5 Å². The van der Waals surface area contributed by atoms with Crippen molar-refractivity contribution in [3.63, 3.8) is 0 Å². The second-order valence-electron chi connectivity index (χ2n) is 5.00. The summed E-state index contributed by atoms with van der Waals surface area (Å²) in [6.07, 6.45) is 0. The fourth-order valence-corrected chi connectivity index (χ4v) is 7.27. The highest BCUT2D eigenvalue weighted by atomic mass is 32.3. The van der Waals surface area contributed by atoms with Gasteiger partial charge in [0.05, 0.1) is 14.2 Å². The first-order chi connectivity index (χ1) is 11.0. The molecule has 0 aliphatic carbocycles. The lowest BCUT2D eigenvalue weighted by Crippen LogP contribution is -2.39. The molecule has 1 aromatic carbocycles. The normalized spacial score (nSPS) is 25.1. The van der Waals surface area contributed by atoms with E-state index in [1.165, 1.54) is 14.2 Å². The molecule has 0 amide bonds. The molecule has 6 nitrogen and oxygen atoms in total. The van der Waals surface area contributed by atoms with Gasteiger partial charge in [0.1, 0.15) is 4.58 Å². The lowest BCUT2D eigenvalue weighted by molar-refractivity contribution is -0.159. The molecule has 8 heteroatoms. The summed E-state index contributed by atoms with van der Waals surface area (Å²) in [7, 11) is -0.450. The fourth-order valence-electron chi connectivity index (χ4n) is 2.67. The van der Waals surface area contributed by atoms with E-state index in [0.29, 0.717) is 5.56 Å². The van der Waals surface area contributed by atoms with Gasteiger partial charge in [0, 0.05) is 39.0 Å². The zero-order valence-corrected chi connectivity index (χ0v) is 14.4. The van der Waals surface area contributed by atoms with Gasteiger partial charge in [-0.1, -0.05) is 30.3 Å². The number of ether oxygens (including phenoxy) is 2. The number of carbonyl (C=O) groups excluding carboxylic acids is 2. The van der Waals surface area contributed by atoms with Crippen molar-refractivity contribution in [1.29, 1.82) is 0 Å². The number of carbonyl (C=O) groups is 2. The minimum atomic E-state index is -1.39. The quantitative estimate of drug-likeness (QED) is 0.565. The van der Waals surface area contributed by atoms with Gasteiger partial charge >= 0.3 is 11.9 Å². The second kappa shape index (κ2) is 7.83. The number of methoxy groups -OCH3 is 2. The van der Waals surface area contributed by atoms with Crippen molar-refractivity contribution in [2.24, 2.45) is 5.92 Å². The van der Waals surface area contributed by atoms with E-state index >= 15 is 0 Å². The molecule has 1 aliphatic rings. The summed E-state index contributed by atoms with van der Waals surface area (Å²) in [5.74, 6) is -3.12. The van der Waals surface area contributed by atoms with Crippen molar-refractivity contribution in [3.8, 4) is 0 Å². The third kappa shape index (κ3) is 3.69. The van der Waals surface area contributed by atoms with E-state index < -0.39 is 50.0 Å². The molecule has 3 atom stereocenters. The molecule has 1 aromatic rings. The van der Waals surface area contributed by atoms with Crippen LogP contribution in [0.5, 0.6) is 0 Å². The Hall–Kier alpha value is -1.54. The van der Waals surface area contributed by atoms with E-state index in [-0.39, 0.29) is 11.5 Å². The van der Waals surface area contributed by atoms with Crippen LogP contribution in [0.15, 0.2) is 30.3 Å². The Morgan fingerprint density at radius 1 is 1.00 bits per heavy atom. The zero-order valence-electron chi connectivity index (χ0n) is 12.8. The number of hydrogen-bond acceptors (Lipinski definition) is 6. The Bertz CT molecular complexity index is 598. The van der Waals surface area contributed by atoms with Gasteiger partial charge in [-0.25, -0.2) is 0 Å². The van der Waals surface area contributed by atoms with E-state index in [4.69, 9.17) is 9.47 Å². The molecule has 0 saturated carbocycles. The van der Waals surface area contributed by atoms with Crippen molar-refractivity contribution in [1.82, 2.24) is 0 Å². The van der Waals surface area contributed by atoms with Gasteiger partial charge in [-0.3, -0.25) is 18.0 Å². The number of benzene rings is 1. The van der Waals surface area contributed by atoms with Crippen LogP contribution in [0.3, 0.4) is 0 Å². The average molecular weight is 358 g/mol. The maximum atomic E-state index is 12.3. The molecule has 1 aliphatic heterocycles. The first kappa shape index (κ1) is 17.8. The SMILES string of the molecule is COC(=O)C(C(=O)OC)[C@H](c1ccccc1)C1S(=O)CCS1=O. The minimum absolute atomic E-state index is 0.287. The summed E-state index contributed by atoms with van der Waals surface area (Å²) in [6.45, 7) is 0. The van der Waals surface area contributed by atoms with Crippen molar-refractivity contribution in [2.75, 3.05) is 25.7 Å². The number of rotatable bonds is 5. The van der Waals surface area contributed by atoms with Crippen LogP contribution >= 0.6 is 0 Å². The molecule has 23 heavy (non-hydrogen) atoms. The summed E-state index contributed by atoms with van der Waals surface area (Å²) in [5, 5.41) is 0. The highest BCUT2D eigenvalue weighted by molar-refractivity contribution is 8.06. The second-order valence-corrected chi connectivity index (χ2v) is 8.65. The molecular formula is C15H18O6S2. The Morgan fingerprint density at radius 3 is 1.91 bits per heavy atom. The lowest BCUT2D eigenvalue weighted by atomic mass is 9.87. The van der Waals surface area contributed by atoms with Crippen LogP contribution in [0.2, 0.25) is 0 Å². The van der Waals surface area contributed by atoms with E-state index in [1.54, 1.807) is 30.3 Å². The van der Waals surface area contributed by atoms with E-state index in [1.807, 2.05) is 0 Å². The third-order valence-corrected chi connectivity index (χ3v) is 8.13. The molecule has 0 N–H and O–H groups in total. The highest BCUT2D eigenvalue weighted by Crippen LogP contribution is 2.37. The van der Waals surface area contributed by atoms with Crippen molar-refractivity contribution < 1.29 is 27.5 Å². The molecular weight excluding hydrogens is 340 g/mol. The molecule has 1 heterocycles. The van der Waals surface area contributed by atoms with Crippen LogP contribution in [-0.2, 0) is 40.7 Å². The Balaban J connectivity index is 2.55. The predicted molar refractivity (Wildman–Crippen MR) is 86.5 cm³/mol. The standard InChI is InChI=1S/C15H18O6S2/c1-20-13(16)12(14(17)21-2)11(10-6-4-3-5-7-10)15-22(18)8-9-23(15)19/h3-7,11-12,15H,8-9H2,1-2H3/t11-,15?,22?,23?/m0/s1. The molecule has 0 bridgehead atoms. The van der Waals surface area contributed by atoms with Crippen LogP contribution in [0.1, 0.15) is 11.5 Å². The van der Waals surface area contributed by atoms with Crippen molar-refractivity contribution >= 4 is 33.5 Å². The molecule has 2 unspecified atom stereocenters. The van der Waals surface area contributed by atoms with E-state index in [2.05, 4.69) is 0 Å². The van der Waals surface area contributed by atoms with Gasteiger partial charge in [0.15, 0.2) is 5.92 Å². The largest absolute Gasteiger partial charge is 0.468 e. The van der Waals surface area contributed by atoms with E-state index in [9.17, 15) is 18.0 Å². The summed E-state index contributed by atoms with van der Waals surface area (Å²) >= 11 is 0. The first-order valence-corrected chi connectivity index (χ1v) is 9.72. The molecule has 0 spiro atoms. The predicted octanol–water partition coefficient (Wildman–Crippen LogP) is 0.570. The van der Waals surface area contributed by atoms with Gasteiger partial charge < -0.3 is 9.47 Å². The molecule has 0 aromatic heterocycles. The van der Waals surface area contributed by atoms with Crippen LogP contribution in [0.4, 0.5) is 0 Å². The van der Waals surface area contributed by atoms with Crippen LogP contribution in [0.25, 0.3) is 0 Å². The summed E-state index contributed by atoms with van der Waals surface area (Å²) in [6, 6.07) is 8.71. The first-order valence-electron chi connectivity index (χ1n) is 6.96. The Labute approximate surface area is 139 Å². The topological polar surface area (TPSA) is 86.7 Å². The molecule has 0 radical (unpaired) electrons. The van der Waals surface area contributed by atoms with Gasteiger partial charge in [-0.15, -0.1) is 0 Å². The summed E-state index contributed by atoms with van der Waals surface area (Å²) in [5.41, 5.74) is 0.613. The Morgan fingerprint density at radius 2 is 1.48 bits per heavy atom. The number of hydrogen-bond donors (Lipinski definition) is 0. The third-order valence-electron chi connectivity index (χ3n) is 3.75. The maximum absolute atomic E-state index is 12.3. The lowest BCUT2D eigenvalue weighted by Gasteiger charge is -2.27. The molecule has 1 fully saturated rings. The fraction of sp³-hybridized carbons (Fsp3) is 0.467. The van der Waals surface area contributed by atoms with Crippen LogP contribution in [-0.4, -0.2) is 50.7 Å². The van der Waals surface area contributed by atoms with E-state index in [0.717, 1.165) is 0 Å². The minimum Gasteiger partial charge on any atom is -0.468 e. The van der Waals surface area contributed by atoms with Gasteiger partial charge in [0.2, 0.25) is 0 Å². The average Bonchev–Trinajstić information content (AvgIpc) is 2.91. The summed E-state index contributed by atoms with van der Waals surface area (Å²) in [4.78, 5) is 24.4. The molecule has 2 rings (SSSR count). The van der Waals surface area contributed by atoms with Crippen molar-refractivity contribution in [3.05, 3.63) is 35.9 Å². The Kier molecular flexibility index (Phi) is 6.06. The summed E-state index contributed by atoms with van der Waals surface area (Å²) < 4.78 is 33.3. The molecule has 126 valence electrons. The highest BCUT2D eigenvalue weighted by Gasteiger charge is 2.48. The number of esters is 2. The monoisotopic (exact) mass is 358 g/mol. The smallest absolute Gasteiger partial charge is 0.320 e. The van der Waals surface area contributed by atoms with Crippen LogP contribution < -0.4 is 0 Å². The maximum Gasteiger partial charge on any atom is 0.320 e. The molecule has 1 saturated heterocycles. The van der Waals surface area contributed by atoms with Gasteiger partial charge in [-0.05, 0) is 5.56 Å². The van der Waals surface area contributed by atoms with Gasteiger partial charge in [-0.2, -0.15) is 0 Å². The zero-order chi connectivity index (χ0) is 17.0. The van der Waals surface area contributed by atoms with Crippen LogP contribution in [0, 0.1) is 5.92 Å².